The number of hydrogen-bond acceptors (Lipinski definition) is 6. The first-order valence-electron chi connectivity index (χ1n) is 22.1. The molecular weight excluding hydrogens is 636 g/mol. The molecule has 0 radical (unpaired) electrons. The molecule has 0 aliphatic heterocycles. The van der Waals surface area contributed by atoms with Gasteiger partial charge in [-0.3, -0.25) is 14.4 Å². The smallest absolute Gasteiger partial charge is 0.309 e. The summed E-state index contributed by atoms with van der Waals surface area (Å²) < 4.78 is 17.2. The molecule has 1 saturated carbocycles. The van der Waals surface area contributed by atoms with Gasteiger partial charge in [-0.15, -0.1) is 0 Å². The Balaban J connectivity index is 2.46. The topological polar surface area (TPSA) is 78.9 Å². The Kier molecular flexibility index (Phi) is 29.7. The summed E-state index contributed by atoms with van der Waals surface area (Å²) in [4.78, 5) is 39.7. The molecule has 3 atom stereocenters. The minimum absolute atomic E-state index is 0.231. The predicted molar refractivity (Wildman–Crippen MR) is 213 cm³/mol. The second-order valence-corrected chi connectivity index (χ2v) is 17.2. The van der Waals surface area contributed by atoms with E-state index in [0.717, 1.165) is 69.1 Å². The van der Waals surface area contributed by atoms with Crippen LogP contribution < -0.4 is 0 Å². The number of unbranched alkanes of at least 4 members (excludes halogenated alkanes) is 18. The van der Waals surface area contributed by atoms with Crippen molar-refractivity contribution in [3.05, 3.63) is 0 Å². The van der Waals surface area contributed by atoms with Crippen LogP contribution in [0, 0.1) is 35.5 Å². The molecule has 1 aliphatic rings. The number of carbonyl (C=O) groups excluding carboxylic acids is 3. The lowest BCUT2D eigenvalue weighted by atomic mass is 9.74. The maximum atomic E-state index is 13.4. The van der Waals surface area contributed by atoms with Gasteiger partial charge in [0.2, 0.25) is 0 Å². The largest absolute Gasteiger partial charge is 0.465 e. The van der Waals surface area contributed by atoms with Crippen LogP contribution in [0.15, 0.2) is 0 Å². The van der Waals surface area contributed by atoms with Crippen molar-refractivity contribution in [2.24, 2.45) is 35.5 Å². The average molecular weight is 721 g/mol. The number of carbonyl (C=O) groups is 3. The molecule has 6 nitrogen and oxygen atoms in total. The Hall–Kier alpha value is -1.59. The van der Waals surface area contributed by atoms with E-state index >= 15 is 0 Å². The van der Waals surface area contributed by atoms with Gasteiger partial charge in [-0.05, 0) is 56.3 Å². The summed E-state index contributed by atoms with van der Waals surface area (Å²) in [7, 11) is 0. The lowest BCUT2D eigenvalue weighted by Gasteiger charge is -2.32. The lowest BCUT2D eigenvalue weighted by Crippen LogP contribution is -2.40. The van der Waals surface area contributed by atoms with Crippen LogP contribution in [0.5, 0.6) is 0 Å². The van der Waals surface area contributed by atoms with Crippen molar-refractivity contribution in [1.82, 2.24) is 0 Å². The quantitative estimate of drug-likeness (QED) is 0.0381. The van der Waals surface area contributed by atoms with E-state index in [9.17, 15) is 14.4 Å². The second-order valence-electron chi connectivity index (χ2n) is 17.2. The molecular formula is C45H84O6. The first-order valence-corrected chi connectivity index (χ1v) is 22.1. The summed E-state index contributed by atoms with van der Waals surface area (Å²) >= 11 is 0. The predicted octanol–water partition coefficient (Wildman–Crippen LogP) is 13.0. The molecule has 1 rings (SSSR count). The number of esters is 3. The van der Waals surface area contributed by atoms with Crippen LogP contribution in [0.3, 0.4) is 0 Å². The standard InChI is InChI=1S/C45H84O6/c1-37(2)28-22-16-10-7-13-19-25-33-49-43(46)40-31-32-41(44(47)50-34-26-20-14-8-11-17-23-29-38(3)4)42(36-40)45(48)51-35-27-21-15-9-12-18-24-30-39(5)6/h37-42H,7-36H2,1-6H3. The average Bonchev–Trinajstić information content (AvgIpc) is 3.09. The molecule has 0 saturated heterocycles. The van der Waals surface area contributed by atoms with Gasteiger partial charge in [0, 0.05) is 0 Å². The monoisotopic (exact) mass is 721 g/mol. The first-order chi connectivity index (χ1) is 24.6. The lowest BCUT2D eigenvalue weighted by molar-refractivity contribution is -0.167. The fourth-order valence-electron chi connectivity index (χ4n) is 7.39. The normalized spacial score (nSPS) is 17.7. The zero-order chi connectivity index (χ0) is 37.5. The fraction of sp³-hybridized carbons (Fsp3) is 0.933. The van der Waals surface area contributed by atoms with Gasteiger partial charge in [-0.25, -0.2) is 0 Å². The number of rotatable bonds is 33. The fourth-order valence-corrected chi connectivity index (χ4v) is 7.39. The van der Waals surface area contributed by atoms with Gasteiger partial charge in [0.15, 0.2) is 0 Å². The van der Waals surface area contributed by atoms with Crippen LogP contribution in [0.25, 0.3) is 0 Å². The van der Waals surface area contributed by atoms with Gasteiger partial charge < -0.3 is 14.2 Å². The van der Waals surface area contributed by atoms with Crippen molar-refractivity contribution in [2.75, 3.05) is 19.8 Å². The molecule has 0 aromatic rings. The van der Waals surface area contributed by atoms with E-state index in [1.165, 1.54) is 103 Å². The van der Waals surface area contributed by atoms with E-state index in [1.54, 1.807) is 0 Å². The summed E-state index contributed by atoms with van der Waals surface area (Å²) in [6.45, 7) is 14.9. The second kappa shape index (κ2) is 31.9. The third-order valence-electron chi connectivity index (χ3n) is 10.8. The summed E-state index contributed by atoms with van der Waals surface area (Å²) in [5, 5.41) is 0. The van der Waals surface area contributed by atoms with Crippen molar-refractivity contribution < 1.29 is 28.6 Å². The Morgan fingerprint density at radius 2 is 0.686 bits per heavy atom. The molecule has 0 bridgehead atoms. The molecule has 1 aliphatic carbocycles. The van der Waals surface area contributed by atoms with Gasteiger partial charge in [0.05, 0.1) is 37.6 Å². The molecule has 300 valence electrons. The van der Waals surface area contributed by atoms with E-state index in [-0.39, 0.29) is 23.8 Å². The highest BCUT2D eigenvalue weighted by atomic mass is 16.5. The number of hydrogen-bond donors (Lipinski definition) is 0. The van der Waals surface area contributed by atoms with E-state index in [0.29, 0.717) is 39.1 Å². The van der Waals surface area contributed by atoms with Gasteiger partial charge >= 0.3 is 17.9 Å². The Bertz CT molecular complexity index is 852. The molecule has 6 heteroatoms. The zero-order valence-electron chi connectivity index (χ0n) is 34.6. The van der Waals surface area contributed by atoms with E-state index in [1.807, 2.05) is 0 Å². The van der Waals surface area contributed by atoms with Crippen molar-refractivity contribution in [2.45, 2.75) is 215 Å². The molecule has 3 unspecified atom stereocenters. The summed E-state index contributed by atoms with van der Waals surface area (Å²) in [5.74, 6) is -0.100. The summed E-state index contributed by atoms with van der Waals surface area (Å²) in [6.07, 6.45) is 29.9. The van der Waals surface area contributed by atoms with Crippen LogP contribution in [-0.4, -0.2) is 37.7 Å². The van der Waals surface area contributed by atoms with Crippen LogP contribution in [0.2, 0.25) is 0 Å². The summed E-state index contributed by atoms with van der Waals surface area (Å²) in [5.41, 5.74) is 0. The summed E-state index contributed by atoms with van der Waals surface area (Å²) in [6, 6.07) is 0. The minimum Gasteiger partial charge on any atom is -0.465 e. The molecule has 1 fully saturated rings. The van der Waals surface area contributed by atoms with Crippen LogP contribution in [-0.2, 0) is 28.6 Å². The highest BCUT2D eigenvalue weighted by Crippen LogP contribution is 2.36. The molecule has 0 amide bonds. The van der Waals surface area contributed by atoms with E-state index in [4.69, 9.17) is 14.2 Å². The molecule has 0 spiro atoms. The maximum absolute atomic E-state index is 13.4. The molecule has 0 N–H and O–H groups in total. The third kappa shape index (κ3) is 26.8. The van der Waals surface area contributed by atoms with Crippen LogP contribution in [0.4, 0.5) is 0 Å². The maximum Gasteiger partial charge on any atom is 0.309 e. The zero-order valence-corrected chi connectivity index (χ0v) is 34.6. The van der Waals surface area contributed by atoms with Gasteiger partial charge in [0.25, 0.3) is 0 Å². The molecule has 0 heterocycles. The van der Waals surface area contributed by atoms with Crippen molar-refractivity contribution in [3.63, 3.8) is 0 Å². The molecule has 0 aromatic carbocycles. The Labute approximate surface area is 316 Å². The third-order valence-corrected chi connectivity index (χ3v) is 10.8. The highest BCUT2D eigenvalue weighted by Gasteiger charge is 2.43. The van der Waals surface area contributed by atoms with Gasteiger partial charge in [0.1, 0.15) is 0 Å². The van der Waals surface area contributed by atoms with Crippen molar-refractivity contribution in [1.29, 1.82) is 0 Å². The number of ether oxygens (including phenoxy) is 3. The van der Waals surface area contributed by atoms with Gasteiger partial charge in [-0.1, -0.05) is 176 Å². The van der Waals surface area contributed by atoms with Crippen molar-refractivity contribution >= 4 is 17.9 Å². The SMILES string of the molecule is CC(C)CCCCCCCCCOC(=O)C1CCC(C(=O)OCCCCCCCCCC(C)C)C(C(=O)OCCCCCCCCCC(C)C)C1. The first kappa shape index (κ1) is 47.4. The minimum atomic E-state index is -0.647. The van der Waals surface area contributed by atoms with Crippen LogP contribution in [0.1, 0.15) is 215 Å². The Morgan fingerprint density at radius 3 is 1.04 bits per heavy atom. The van der Waals surface area contributed by atoms with Gasteiger partial charge in [-0.2, -0.15) is 0 Å². The van der Waals surface area contributed by atoms with Crippen molar-refractivity contribution in [3.8, 4) is 0 Å². The Morgan fingerprint density at radius 1 is 0.392 bits per heavy atom. The van der Waals surface area contributed by atoms with E-state index < -0.39 is 11.8 Å². The molecule has 51 heavy (non-hydrogen) atoms. The highest BCUT2D eigenvalue weighted by molar-refractivity contribution is 5.83. The molecule has 0 aromatic heterocycles. The van der Waals surface area contributed by atoms with Crippen LogP contribution >= 0.6 is 0 Å². The van der Waals surface area contributed by atoms with E-state index in [2.05, 4.69) is 41.5 Å².